The van der Waals surface area contributed by atoms with Crippen molar-refractivity contribution in [2.75, 3.05) is 13.1 Å². The minimum absolute atomic E-state index is 0.167. The van der Waals surface area contributed by atoms with Gasteiger partial charge >= 0.3 is 0 Å². The second kappa shape index (κ2) is 7.51. The Morgan fingerprint density at radius 2 is 1.76 bits per heavy atom. The van der Waals surface area contributed by atoms with Gasteiger partial charge in [0, 0.05) is 13.0 Å². The molecule has 2 aromatic rings. The van der Waals surface area contributed by atoms with Crippen molar-refractivity contribution in [3.63, 3.8) is 0 Å². The molecule has 0 aromatic heterocycles. The summed E-state index contributed by atoms with van der Waals surface area (Å²) in [5, 5.41) is 18.5. The van der Waals surface area contributed by atoms with Gasteiger partial charge in [0.15, 0.2) is 0 Å². The summed E-state index contributed by atoms with van der Waals surface area (Å²) in [4.78, 5) is 2.43. The van der Waals surface area contributed by atoms with E-state index in [9.17, 15) is 5.26 Å². The molecule has 0 amide bonds. The van der Waals surface area contributed by atoms with E-state index in [1.807, 2.05) is 36.4 Å². The maximum atomic E-state index is 9.54. The summed E-state index contributed by atoms with van der Waals surface area (Å²) >= 11 is 0. The second-order valence-corrected chi connectivity index (χ2v) is 7.28. The van der Waals surface area contributed by atoms with Crippen molar-refractivity contribution in [3.05, 3.63) is 59.7 Å². The number of rotatable bonds is 4. The third-order valence-electron chi connectivity index (χ3n) is 5.26. The molecule has 0 spiro atoms. The van der Waals surface area contributed by atoms with Crippen LogP contribution in [0.3, 0.4) is 0 Å². The van der Waals surface area contributed by atoms with Gasteiger partial charge in [0.25, 0.3) is 0 Å². The van der Waals surface area contributed by atoms with Crippen molar-refractivity contribution in [1.29, 1.82) is 10.5 Å². The Morgan fingerprint density at radius 1 is 1.04 bits per heavy atom. The summed E-state index contributed by atoms with van der Waals surface area (Å²) < 4.78 is 0. The first-order valence-corrected chi connectivity index (χ1v) is 8.81. The van der Waals surface area contributed by atoms with Crippen LogP contribution < -0.4 is 0 Å². The van der Waals surface area contributed by atoms with Gasteiger partial charge in [0.1, 0.15) is 0 Å². The van der Waals surface area contributed by atoms with Crippen LogP contribution in [0.2, 0.25) is 0 Å². The molecule has 1 aliphatic heterocycles. The molecule has 0 saturated carbocycles. The van der Waals surface area contributed by atoms with Crippen LogP contribution in [0, 0.1) is 28.1 Å². The van der Waals surface area contributed by atoms with Crippen molar-refractivity contribution in [2.24, 2.45) is 5.41 Å². The van der Waals surface area contributed by atoms with E-state index in [1.54, 1.807) is 0 Å². The standard InChI is InChI=1S/C22H23N3/c1-22(9-12-23)10-13-25(14-11-22)17-18-7-8-21(20(15-18)16-24)19-5-3-2-4-6-19/h2-8,15H,9-11,13-14,17H2,1H3. The number of hydrogen-bond acceptors (Lipinski definition) is 3. The normalized spacial score (nSPS) is 16.8. The van der Waals surface area contributed by atoms with E-state index in [1.165, 1.54) is 5.56 Å². The Hall–Kier alpha value is -2.62. The van der Waals surface area contributed by atoms with Crippen LogP contribution in [0.15, 0.2) is 48.5 Å². The molecular formula is C22H23N3. The van der Waals surface area contributed by atoms with E-state index in [0.717, 1.165) is 49.2 Å². The van der Waals surface area contributed by atoms with Gasteiger partial charge in [0.2, 0.25) is 0 Å². The smallest absolute Gasteiger partial charge is 0.0998 e. The lowest BCUT2D eigenvalue weighted by molar-refractivity contribution is 0.116. The highest BCUT2D eigenvalue weighted by molar-refractivity contribution is 5.70. The Bertz CT molecular complexity index is 803. The number of nitrogens with zero attached hydrogens (tertiary/aromatic N) is 3. The SMILES string of the molecule is CC1(CC#N)CCN(Cc2ccc(-c3ccccc3)c(C#N)c2)CC1. The van der Waals surface area contributed by atoms with Crippen molar-refractivity contribution in [3.8, 4) is 23.3 Å². The molecule has 0 bridgehead atoms. The number of piperidine rings is 1. The molecule has 3 heteroatoms. The molecule has 25 heavy (non-hydrogen) atoms. The van der Waals surface area contributed by atoms with E-state index in [4.69, 9.17) is 5.26 Å². The zero-order valence-corrected chi connectivity index (χ0v) is 14.7. The van der Waals surface area contributed by atoms with Crippen molar-refractivity contribution >= 4 is 0 Å². The molecule has 1 fully saturated rings. The fourth-order valence-corrected chi connectivity index (χ4v) is 3.53. The second-order valence-electron chi connectivity index (χ2n) is 7.28. The molecule has 0 radical (unpaired) electrons. The van der Waals surface area contributed by atoms with Gasteiger partial charge in [-0.2, -0.15) is 10.5 Å². The topological polar surface area (TPSA) is 50.8 Å². The van der Waals surface area contributed by atoms with Gasteiger partial charge in [-0.15, -0.1) is 0 Å². The molecule has 0 atom stereocenters. The van der Waals surface area contributed by atoms with Crippen LogP contribution in [-0.2, 0) is 6.54 Å². The lowest BCUT2D eigenvalue weighted by atomic mass is 9.78. The van der Waals surface area contributed by atoms with Gasteiger partial charge in [0.05, 0.1) is 17.7 Å². The van der Waals surface area contributed by atoms with Gasteiger partial charge in [-0.25, -0.2) is 0 Å². The van der Waals surface area contributed by atoms with Crippen LogP contribution in [0.4, 0.5) is 0 Å². The van der Waals surface area contributed by atoms with Crippen molar-refractivity contribution in [2.45, 2.75) is 32.7 Å². The van der Waals surface area contributed by atoms with Crippen LogP contribution in [-0.4, -0.2) is 18.0 Å². The molecule has 0 unspecified atom stereocenters. The Morgan fingerprint density at radius 3 is 2.40 bits per heavy atom. The van der Waals surface area contributed by atoms with E-state index >= 15 is 0 Å². The van der Waals surface area contributed by atoms with Gasteiger partial charge < -0.3 is 0 Å². The predicted molar refractivity (Wildman–Crippen MR) is 99.4 cm³/mol. The monoisotopic (exact) mass is 329 g/mol. The molecule has 1 aliphatic rings. The first-order valence-electron chi connectivity index (χ1n) is 8.81. The molecule has 0 aliphatic carbocycles. The van der Waals surface area contributed by atoms with Gasteiger partial charge in [-0.05, 0) is 54.1 Å². The third kappa shape index (κ3) is 4.08. The summed E-state index contributed by atoms with van der Waals surface area (Å²) in [6.07, 6.45) is 2.77. The molecule has 3 rings (SSSR count). The summed E-state index contributed by atoms with van der Waals surface area (Å²) in [5.41, 5.74) is 4.15. The van der Waals surface area contributed by atoms with Crippen LogP contribution in [0.1, 0.15) is 37.3 Å². The molecule has 3 nitrogen and oxygen atoms in total. The summed E-state index contributed by atoms with van der Waals surface area (Å²) in [7, 11) is 0. The van der Waals surface area contributed by atoms with Crippen LogP contribution in [0.5, 0.6) is 0 Å². The highest BCUT2D eigenvalue weighted by atomic mass is 15.1. The minimum Gasteiger partial charge on any atom is -0.299 e. The average molecular weight is 329 g/mol. The number of hydrogen-bond donors (Lipinski definition) is 0. The molecule has 1 heterocycles. The summed E-state index contributed by atoms with van der Waals surface area (Å²) in [6, 6.07) is 20.9. The highest BCUT2D eigenvalue weighted by Crippen LogP contribution is 2.34. The summed E-state index contributed by atoms with van der Waals surface area (Å²) in [5.74, 6) is 0. The predicted octanol–water partition coefficient (Wildman–Crippen LogP) is 4.74. The van der Waals surface area contributed by atoms with Gasteiger partial charge in [-0.1, -0.05) is 49.4 Å². The van der Waals surface area contributed by atoms with Crippen LogP contribution in [0.25, 0.3) is 11.1 Å². The van der Waals surface area contributed by atoms with Crippen molar-refractivity contribution in [1.82, 2.24) is 4.90 Å². The zero-order valence-electron chi connectivity index (χ0n) is 14.7. The molecule has 126 valence electrons. The number of likely N-dealkylation sites (tertiary alicyclic amines) is 1. The first kappa shape index (κ1) is 17.2. The highest BCUT2D eigenvalue weighted by Gasteiger charge is 2.29. The lowest BCUT2D eigenvalue weighted by Crippen LogP contribution is -2.38. The molecule has 0 N–H and O–H groups in total. The maximum Gasteiger partial charge on any atom is 0.0998 e. The number of benzene rings is 2. The molecular weight excluding hydrogens is 306 g/mol. The fraction of sp³-hybridized carbons (Fsp3) is 0.364. The van der Waals surface area contributed by atoms with E-state index in [0.29, 0.717) is 6.42 Å². The van der Waals surface area contributed by atoms with E-state index < -0.39 is 0 Å². The van der Waals surface area contributed by atoms with Crippen molar-refractivity contribution < 1.29 is 0 Å². The number of nitriles is 2. The fourth-order valence-electron chi connectivity index (χ4n) is 3.53. The zero-order chi connectivity index (χ0) is 17.7. The molecule has 1 saturated heterocycles. The van der Waals surface area contributed by atoms with E-state index in [-0.39, 0.29) is 5.41 Å². The lowest BCUT2D eigenvalue weighted by Gasteiger charge is -2.38. The molecule has 2 aromatic carbocycles. The Kier molecular flexibility index (Phi) is 5.17. The Labute approximate surface area is 150 Å². The minimum atomic E-state index is 0.167. The average Bonchev–Trinajstić information content (AvgIpc) is 2.64. The largest absolute Gasteiger partial charge is 0.299 e. The quantitative estimate of drug-likeness (QED) is 0.814. The van der Waals surface area contributed by atoms with Crippen LogP contribution >= 0.6 is 0 Å². The first-order chi connectivity index (χ1) is 12.1. The summed E-state index contributed by atoms with van der Waals surface area (Å²) in [6.45, 7) is 5.11. The van der Waals surface area contributed by atoms with E-state index in [2.05, 4.69) is 36.1 Å². The van der Waals surface area contributed by atoms with Gasteiger partial charge in [-0.3, -0.25) is 4.90 Å². The Balaban J connectivity index is 1.71. The third-order valence-corrected chi connectivity index (χ3v) is 5.26. The maximum absolute atomic E-state index is 9.54.